The highest BCUT2D eigenvalue weighted by molar-refractivity contribution is 5.26. The fraction of sp³-hybridized carbons (Fsp3) is 0.700. The van der Waals surface area contributed by atoms with Gasteiger partial charge in [0.1, 0.15) is 0 Å². The van der Waals surface area contributed by atoms with Gasteiger partial charge in [-0.3, -0.25) is 0 Å². The number of hydrogen-bond acceptors (Lipinski definition) is 2. The topological polar surface area (TPSA) is 43.8 Å². The summed E-state index contributed by atoms with van der Waals surface area (Å²) in [6, 6.07) is 0.753. The molecule has 0 spiro atoms. The highest BCUT2D eigenvalue weighted by Gasteiger charge is 2.32. The first-order chi connectivity index (χ1) is 6.40. The molecular weight excluding hydrogens is 162 g/mol. The van der Waals surface area contributed by atoms with E-state index in [9.17, 15) is 0 Å². The number of aromatic nitrogens is 2. The average molecular weight is 177 g/mol. The van der Waals surface area contributed by atoms with Crippen molar-refractivity contribution in [1.82, 2.24) is 9.55 Å². The molecular formula is C10H15N3. The van der Waals surface area contributed by atoms with Crippen molar-refractivity contribution in [1.29, 1.82) is 0 Å². The maximum Gasteiger partial charge on any atom is 0.0954 e. The van der Waals surface area contributed by atoms with E-state index < -0.39 is 0 Å². The minimum absolute atomic E-state index is 0.582. The van der Waals surface area contributed by atoms with Crippen LogP contribution in [0.5, 0.6) is 0 Å². The first-order valence-electron chi connectivity index (χ1n) is 5.16. The molecule has 0 aliphatic heterocycles. The van der Waals surface area contributed by atoms with Crippen molar-refractivity contribution in [2.75, 3.05) is 6.54 Å². The molecule has 1 saturated carbocycles. The van der Waals surface area contributed by atoms with E-state index >= 15 is 0 Å². The van der Waals surface area contributed by atoms with Gasteiger partial charge in [0.15, 0.2) is 0 Å². The van der Waals surface area contributed by atoms with Crippen LogP contribution in [0.2, 0.25) is 0 Å². The highest BCUT2D eigenvalue weighted by atomic mass is 15.1. The van der Waals surface area contributed by atoms with Gasteiger partial charge in [0.05, 0.1) is 12.0 Å². The van der Waals surface area contributed by atoms with Gasteiger partial charge in [0, 0.05) is 24.2 Å². The summed E-state index contributed by atoms with van der Waals surface area (Å²) in [4.78, 5) is 4.46. The molecule has 0 saturated heterocycles. The van der Waals surface area contributed by atoms with Gasteiger partial charge in [-0.15, -0.1) is 0 Å². The Morgan fingerprint density at radius 1 is 1.46 bits per heavy atom. The predicted octanol–water partition coefficient (Wildman–Crippen LogP) is 1.21. The summed E-state index contributed by atoms with van der Waals surface area (Å²) in [7, 11) is 0. The molecule has 1 aromatic rings. The molecule has 2 N–H and O–H groups in total. The number of nitrogens with zero attached hydrogens (tertiary/aromatic N) is 2. The van der Waals surface area contributed by atoms with Crippen molar-refractivity contribution in [3.8, 4) is 0 Å². The Hall–Kier alpha value is -0.830. The summed E-state index contributed by atoms with van der Waals surface area (Å²) in [5.74, 6) is 0.582. The Morgan fingerprint density at radius 2 is 2.31 bits per heavy atom. The van der Waals surface area contributed by atoms with E-state index in [1.165, 1.54) is 30.7 Å². The van der Waals surface area contributed by atoms with Crippen LogP contribution in [0.3, 0.4) is 0 Å². The zero-order valence-electron chi connectivity index (χ0n) is 7.74. The summed E-state index contributed by atoms with van der Waals surface area (Å²) in [5, 5.41) is 0. The molecule has 0 bridgehead atoms. The molecule has 3 nitrogen and oxygen atoms in total. The van der Waals surface area contributed by atoms with E-state index in [4.69, 9.17) is 5.73 Å². The molecule has 3 heteroatoms. The Bertz CT molecular complexity index is 325. The summed E-state index contributed by atoms with van der Waals surface area (Å²) in [6.07, 6.45) is 7.03. The molecule has 1 unspecified atom stereocenters. The first-order valence-corrected chi connectivity index (χ1v) is 5.16. The van der Waals surface area contributed by atoms with Gasteiger partial charge in [0.2, 0.25) is 0 Å². The predicted molar refractivity (Wildman–Crippen MR) is 50.6 cm³/mol. The van der Waals surface area contributed by atoms with Gasteiger partial charge in [-0.1, -0.05) is 0 Å². The van der Waals surface area contributed by atoms with Crippen molar-refractivity contribution >= 4 is 0 Å². The molecule has 1 heterocycles. The number of imidazole rings is 1. The van der Waals surface area contributed by atoms with Crippen LogP contribution in [0, 0.1) is 0 Å². The molecule has 2 aliphatic carbocycles. The monoisotopic (exact) mass is 177 g/mol. The van der Waals surface area contributed by atoms with Crippen molar-refractivity contribution in [3.63, 3.8) is 0 Å². The van der Waals surface area contributed by atoms with E-state index in [0.717, 1.165) is 19.0 Å². The second kappa shape index (κ2) is 2.58. The summed E-state index contributed by atoms with van der Waals surface area (Å²) < 4.78 is 2.37. The fourth-order valence-electron chi connectivity index (χ4n) is 2.37. The van der Waals surface area contributed by atoms with Crippen molar-refractivity contribution in [2.45, 2.75) is 37.6 Å². The molecule has 0 aromatic carbocycles. The Balaban J connectivity index is 2.03. The van der Waals surface area contributed by atoms with E-state index in [1.54, 1.807) is 0 Å². The van der Waals surface area contributed by atoms with Crippen LogP contribution in [0.25, 0.3) is 0 Å². The minimum atomic E-state index is 0.582. The number of aryl methyl sites for hydroxylation is 1. The second-order valence-corrected chi connectivity index (χ2v) is 4.19. The lowest BCUT2D eigenvalue weighted by Crippen LogP contribution is -2.13. The van der Waals surface area contributed by atoms with Crippen LogP contribution in [0.1, 0.15) is 42.6 Å². The molecule has 1 fully saturated rings. The standard InChI is InChI=1S/C10H15N3/c11-5-7-1-4-9-10(7)13(6-12-9)8-2-3-8/h6-8H,1-5,11H2. The lowest BCUT2D eigenvalue weighted by molar-refractivity contribution is 0.604. The lowest BCUT2D eigenvalue weighted by Gasteiger charge is -2.11. The summed E-state index contributed by atoms with van der Waals surface area (Å²) in [6.45, 7) is 0.783. The molecule has 0 amide bonds. The van der Waals surface area contributed by atoms with Gasteiger partial charge in [-0.2, -0.15) is 0 Å². The molecule has 0 radical (unpaired) electrons. The third-order valence-electron chi connectivity index (χ3n) is 3.25. The number of rotatable bonds is 2. The van der Waals surface area contributed by atoms with E-state index in [2.05, 4.69) is 9.55 Å². The van der Waals surface area contributed by atoms with E-state index in [0.29, 0.717) is 5.92 Å². The first kappa shape index (κ1) is 7.56. The maximum absolute atomic E-state index is 5.76. The smallest absolute Gasteiger partial charge is 0.0954 e. The number of nitrogens with two attached hydrogens (primary N) is 1. The third-order valence-corrected chi connectivity index (χ3v) is 3.25. The van der Waals surface area contributed by atoms with Crippen molar-refractivity contribution < 1.29 is 0 Å². The fourth-order valence-corrected chi connectivity index (χ4v) is 2.37. The van der Waals surface area contributed by atoms with Crippen LogP contribution in [-0.2, 0) is 6.42 Å². The summed E-state index contributed by atoms with van der Waals surface area (Å²) in [5.41, 5.74) is 8.51. The zero-order chi connectivity index (χ0) is 8.84. The van der Waals surface area contributed by atoms with Gasteiger partial charge in [-0.25, -0.2) is 4.98 Å². The van der Waals surface area contributed by atoms with Crippen LogP contribution in [-0.4, -0.2) is 16.1 Å². The zero-order valence-corrected chi connectivity index (χ0v) is 7.74. The molecule has 3 rings (SSSR count). The summed E-state index contributed by atoms with van der Waals surface area (Å²) >= 11 is 0. The van der Waals surface area contributed by atoms with Crippen LogP contribution < -0.4 is 5.73 Å². The van der Waals surface area contributed by atoms with Crippen molar-refractivity contribution in [2.24, 2.45) is 5.73 Å². The number of fused-ring (bicyclic) bond motifs is 1. The average Bonchev–Trinajstić information content (AvgIpc) is 2.78. The number of hydrogen-bond donors (Lipinski definition) is 1. The minimum Gasteiger partial charge on any atom is -0.331 e. The van der Waals surface area contributed by atoms with Crippen LogP contribution in [0.4, 0.5) is 0 Å². The van der Waals surface area contributed by atoms with E-state index in [-0.39, 0.29) is 0 Å². The molecule has 70 valence electrons. The Morgan fingerprint density at radius 3 is 3.00 bits per heavy atom. The van der Waals surface area contributed by atoms with Crippen LogP contribution in [0.15, 0.2) is 6.33 Å². The largest absolute Gasteiger partial charge is 0.331 e. The lowest BCUT2D eigenvalue weighted by atomic mass is 10.1. The Kier molecular flexibility index (Phi) is 1.50. The molecule has 1 atom stereocenters. The SMILES string of the molecule is NCC1CCc2ncn(C3CC3)c21. The van der Waals surface area contributed by atoms with Gasteiger partial charge in [-0.05, 0) is 25.7 Å². The van der Waals surface area contributed by atoms with Gasteiger partial charge >= 0.3 is 0 Å². The van der Waals surface area contributed by atoms with Crippen LogP contribution >= 0.6 is 0 Å². The molecule has 13 heavy (non-hydrogen) atoms. The quantitative estimate of drug-likeness (QED) is 0.737. The molecule has 1 aromatic heterocycles. The highest BCUT2D eigenvalue weighted by Crippen LogP contribution is 2.41. The van der Waals surface area contributed by atoms with Gasteiger partial charge in [0.25, 0.3) is 0 Å². The third kappa shape index (κ3) is 1.03. The van der Waals surface area contributed by atoms with Gasteiger partial charge < -0.3 is 10.3 Å². The Labute approximate surface area is 78.0 Å². The van der Waals surface area contributed by atoms with Crippen molar-refractivity contribution in [3.05, 3.63) is 17.7 Å². The van der Waals surface area contributed by atoms with E-state index in [1.807, 2.05) is 6.33 Å². The second-order valence-electron chi connectivity index (χ2n) is 4.19. The normalized spacial score (nSPS) is 26.4. The maximum atomic E-state index is 5.76. The molecule has 2 aliphatic rings.